The van der Waals surface area contributed by atoms with Gasteiger partial charge in [-0.2, -0.15) is 0 Å². The van der Waals surface area contributed by atoms with Crippen molar-refractivity contribution >= 4 is 5.91 Å². The summed E-state index contributed by atoms with van der Waals surface area (Å²) in [6, 6.07) is 0. The standard InChI is InChI=1S/C16H34N4O/c1-14-12-17-13-15(14)16(21)20(10-6-8-18(2)3)11-7-9-19(4)5/h14-15,17H,6-13H2,1-5H3. The molecule has 2 atom stereocenters. The Morgan fingerprint density at radius 2 is 1.48 bits per heavy atom. The van der Waals surface area contributed by atoms with Gasteiger partial charge >= 0.3 is 0 Å². The third-order valence-corrected chi connectivity index (χ3v) is 4.21. The Hall–Kier alpha value is -0.650. The molecule has 1 N–H and O–H groups in total. The van der Waals surface area contributed by atoms with Crippen LogP contribution in [0.4, 0.5) is 0 Å². The summed E-state index contributed by atoms with van der Waals surface area (Å²) < 4.78 is 0. The second-order valence-electron chi connectivity index (χ2n) is 6.88. The Labute approximate surface area is 130 Å². The summed E-state index contributed by atoms with van der Waals surface area (Å²) in [6.07, 6.45) is 2.10. The molecule has 0 aromatic heterocycles. The number of rotatable bonds is 9. The van der Waals surface area contributed by atoms with Crippen LogP contribution in [0, 0.1) is 11.8 Å². The van der Waals surface area contributed by atoms with E-state index in [2.05, 4.69) is 55.1 Å². The maximum absolute atomic E-state index is 12.8. The molecule has 0 radical (unpaired) electrons. The fourth-order valence-corrected chi connectivity index (χ4v) is 2.86. The van der Waals surface area contributed by atoms with Gasteiger partial charge in [-0.15, -0.1) is 0 Å². The number of hydrogen-bond acceptors (Lipinski definition) is 4. The minimum absolute atomic E-state index is 0.170. The van der Waals surface area contributed by atoms with E-state index in [1.807, 2.05) is 0 Å². The summed E-state index contributed by atoms with van der Waals surface area (Å²) in [4.78, 5) is 19.2. The third-order valence-electron chi connectivity index (χ3n) is 4.21. The van der Waals surface area contributed by atoms with Crippen molar-refractivity contribution in [1.82, 2.24) is 20.0 Å². The highest BCUT2D eigenvalue weighted by molar-refractivity contribution is 5.79. The Kier molecular flexibility index (Phi) is 8.22. The van der Waals surface area contributed by atoms with Crippen LogP contribution in [0.1, 0.15) is 19.8 Å². The molecular weight excluding hydrogens is 264 g/mol. The first-order valence-electron chi connectivity index (χ1n) is 8.20. The van der Waals surface area contributed by atoms with Crippen molar-refractivity contribution < 1.29 is 4.79 Å². The summed E-state index contributed by atoms with van der Waals surface area (Å²) in [7, 11) is 8.34. The van der Waals surface area contributed by atoms with E-state index < -0.39 is 0 Å². The van der Waals surface area contributed by atoms with Gasteiger partial charge in [0.05, 0.1) is 5.92 Å². The molecule has 0 saturated carbocycles. The molecule has 0 aliphatic carbocycles. The topological polar surface area (TPSA) is 38.8 Å². The van der Waals surface area contributed by atoms with Gasteiger partial charge in [0.25, 0.3) is 0 Å². The number of carbonyl (C=O) groups excluding carboxylic acids is 1. The predicted molar refractivity (Wildman–Crippen MR) is 88.4 cm³/mol. The highest BCUT2D eigenvalue weighted by Crippen LogP contribution is 2.19. The second-order valence-corrected chi connectivity index (χ2v) is 6.88. The monoisotopic (exact) mass is 298 g/mol. The molecule has 1 saturated heterocycles. The van der Waals surface area contributed by atoms with Crippen LogP contribution in [-0.4, -0.2) is 88.1 Å². The van der Waals surface area contributed by atoms with Gasteiger partial charge in [0.2, 0.25) is 5.91 Å². The molecule has 0 spiro atoms. The summed E-state index contributed by atoms with van der Waals surface area (Å²) in [6.45, 7) is 7.84. The Morgan fingerprint density at radius 1 is 0.952 bits per heavy atom. The molecule has 1 fully saturated rings. The number of nitrogens with one attached hydrogen (secondary N) is 1. The fraction of sp³-hybridized carbons (Fsp3) is 0.938. The summed E-state index contributed by atoms with van der Waals surface area (Å²) in [5.74, 6) is 0.983. The SMILES string of the molecule is CC1CNCC1C(=O)N(CCCN(C)C)CCCN(C)C. The molecular formula is C16H34N4O. The lowest BCUT2D eigenvalue weighted by Crippen LogP contribution is -2.41. The molecule has 1 amide bonds. The van der Waals surface area contributed by atoms with Crippen LogP contribution in [0.25, 0.3) is 0 Å². The number of nitrogens with zero attached hydrogens (tertiary/aromatic N) is 3. The Morgan fingerprint density at radius 3 is 1.86 bits per heavy atom. The third kappa shape index (κ3) is 6.76. The fourth-order valence-electron chi connectivity index (χ4n) is 2.86. The molecule has 1 aliphatic rings. The largest absolute Gasteiger partial charge is 0.342 e. The van der Waals surface area contributed by atoms with Crippen LogP contribution >= 0.6 is 0 Å². The van der Waals surface area contributed by atoms with Crippen LogP contribution in [0.2, 0.25) is 0 Å². The average Bonchev–Trinajstić information content (AvgIpc) is 2.81. The van der Waals surface area contributed by atoms with Crippen molar-refractivity contribution in [2.45, 2.75) is 19.8 Å². The molecule has 0 aromatic carbocycles. The maximum atomic E-state index is 12.8. The molecule has 124 valence electrons. The van der Waals surface area contributed by atoms with Crippen LogP contribution < -0.4 is 5.32 Å². The summed E-state index contributed by atoms with van der Waals surface area (Å²) in [5, 5.41) is 3.34. The lowest BCUT2D eigenvalue weighted by atomic mass is 9.96. The van der Waals surface area contributed by atoms with Crippen LogP contribution in [0.15, 0.2) is 0 Å². The van der Waals surface area contributed by atoms with Crippen molar-refractivity contribution in [3.8, 4) is 0 Å². The van der Waals surface area contributed by atoms with E-state index in [4.69, 9.17) is 0 Å². The van der Waals surface area contributed by atoms with E-state index in [9.17, 15) is 4.79 Å². The normalized spacial score (nSPS) is 22.2. The van der Waals surface area contributed by atoms with Crippen molar-refractivity contribution in [2.75, 3.05) is 67.5 Å². The van der Waals surface area contributed by atoms with Gasteiger partial charge in [0.1, 0.15) is 0 Å². The second kappa shape index (κ2) is 9.38. The van der Waals surface area contributed by atoms with Gasteiger partial charge in [-0.1, -0.05) is 6.92 Å². The zero-order chi connectivity index (χ0) is 15.8. The lowest BCUT2D eigenvalue weighted by Gasteiger charge is -2.28. The van der Waals surface area contributed by atoms with Gasteiger partial charge in [-0.05, 0) is 66.6 Å². The Bertz CT molecular complexity index is 293. The van der Waals surface area contributed by atoms with Gasteiger partial charge in [0.15, 0.2) is 0 Å². The highest BCUT2D eigenvalue weighted by atomic mass is 16.2. The molecule has 1 heterocycles. The van der Waals surface area contributed by atoms with Gasteiger partial charge < -0.3 is 20.0 Å². The predicted octanol–water partition coefficient (Wildman–Crippen LogP) is 0.574. The first-order valence-corrected chi connectivity index (χ1v) is 8.20. The smallest absolute Gasteiger partial charge is 0.227 e. The van der Waals surface area contributed by atoms with E-state index in [0.717, 1.165) is 52.1 Å². The van der Waals surface area contributed by atoms with Crippen molar-refractivity contribution in [3.63, 3.8) is 0 Å². The molecule has 1 aliphatic heterocycles. The van der Waals surface area contributed by atoms with Crippen molar-refractivity contribution in [1.29, 1.82) is 0 Å². The van der Waals surface area contributed by atoms with E-state index in [-0.39, 0.29) is 5.92 Å². The van der Waals surface area contributed by atoms with E-state index in [0.29, 0.717) is 11.8 Å². The first kappa shape index (κ1) is 18.4. The van der Waals surface area contributed by atoms with Crippen LogP contribution in [-0.2, 0) is 4.79 Å². The molecule has 5 heteroatoms. The van der Waals surface area contributed by atoms with E-state index in [1.165, 1.54) is 0 Å². The van der Waals surface area contributed by atoms with Gasteiger partial charge in [-0.3, -0.25) is 4.79 Å². The molecule has 21 heavy (non-hydrogen) atoms. The summed E-state index contributed by atoms with van der Waals surface area (Å²) >= 11 is 0. The van der Waals surface area contributed by atoms with Crippen LogP contribution in [0.3, 0.4) is 0 Å². The molecule has 0 aromatic rings. The van der Waals surface area contributed by atoms with E-state index >= 15 is 0 Å². The average molecular weight is 298 g/mol. The van der Waals surface area contributed by atoms with Gasteiger partial charge in [-0.25, -0.2) is 0 Å². The number of amides is 1. The quantitative estimate of drug-likeness (QED) is 0.676. The lowest BCUT2D eigenvalue weighted by molar-refractivity contribution is -0.136. The first-order chi connectivity index (χ1) is 9.91. The molecule has 0 bridgehead atoms. The van der Waals surface area contributed by atoms with Crippen molar-refractivity contribution in [3.05, 3.63) is 0 Å². The van der Waals surface area contributed by atoms with E-state index in [1.54, 1.807) is 0 Å². The van der Waals surface area contributed by atoms with Crippen molar-refractivity contribution in [2.24, 2.45) is 11.8 Å². The summed E-state index contributed by atoms with van der Waals surface area (Å²) in [5.41, 5.74) is 0. The van der Waals surface area contributed by atoms with Gasteiger partial charge in [0, 0.05) is 19.6 Å². The Balaban J connectivity index is 2.50. The number of carbonyl (C=O) groups is 1. The van der Waals surface area contributed by atoms with Crippen LogP contribution in [0.5, 0.6) is 0 Å². The molecule has 2 unspecified atom stereocenters. The minimum atomic E-state index is 0.170. The zero-order valence-electron chi connectivity index (χ0n) is 14.6. The highest BCUT2D eigenvalue weighted by Gasteiger charge is 2.32. The molecule has 5 nitrogen and oxygen atoms in total. The molecule has 1 rings (SSSR count). The number of hydrogen-bond donors (Lipinski definition) is 1. The maximum Gasteiger partial charge on any atom is 0.227 e. The minimum Gasteiger partial charge on any atom is -0.342 e. The zero-order valence-corrected chi connectivity index (χ0v) is 14.6.